The van der Waals surface area contributed by atoms with Crippen molar-refractivity contribution in [1.82, 2.24) is 9.55 Å². The molecule has 0 aromatic carbocycles. The van der Waals surface area contributed by atoms with E-state index in [4.69, 9.17) is 5.73 Å². The Morgan fingerprint density at radius 3 is 2.53 bits per heavy atom. The van der Waals surface area contributed by atoms with Crippen LogP contribution in [-0.4, -0.2) is 9.55 Å². The number of hydrogen-bond acceptors (Lipinski definition) is 2. The molecule has 0 bridgehead atoms. The molecule has 0 aliphatic heterocycles. The van der Waals surface area contributed by atoms with Crippen molar-refractivity contribution in [1.29, 1.82) is 0 Å². The van der Waals surface area contributed by atoms with E-state index in [1.54, 1.807) is 0 Å². The van der Waals surface area contributed by atoms with Crippen LogP contribution in [-0.2, 0) is 13.0 Å². The van der Waals surface area contributed by atoms with Gasteiger partial charge in [0.25, 0.3) is 0 Å². The Balaban J connectivity index is 2.68. The molecule has 0 radical (unpaired) electrons. The average molecular weight is 209 g/mol. The van der Waals surface area contributed by atoms with E-state index in [0.29, 0.717) is 0 Å². The number of unbranched alkanes of at least 4 members (excludes halogenated alkanes) is 2. The van der Waals surface area contributed by atoms with Gasteiger partial charge in [-0.3, -0.25) is 0 Å². The predicted molar refractivity (Wildman–Crippen MR) is 64.9 cm³/mol. The molecule has 1 heterocycles. The fraction of sp³-hybridized carbons (Fsp3) is 0.750. The third-order valence-electron chi connectivity index (χ3n) is 2.74. The normalized spacial score (nSPS) is 10.9. The van der Waals surface area contributed by atoms with Gasteiger partial charge in [0.2, 0.25) is 0 Å². The SMILES string of the molecule is CCCCCc1nc(C)n(CCC)c1N. The molecule has 15 heavy (non-hydrogen) atoms. The van der Waals surface area contributed by atoms with E-state index >= 15 is 0 Å². The van der Waals surface area contributed by atoms with Gasteiger partial charge in [0, 0.05) is 6.54 Å². The molecule has 86 valence electrons. The molecular formula is C12H23N3. The van der Waals surface area contributed by atoms with Gasteiger partial charge in [0.05, 0.1) is 5.69 Å². The van der Waals surface area contributed by atoms with E-state index in [-0.39, 0.29) is 0 Å². The van der Waals surface area contributed by atoms with E-state index in [0.717, 1.165) is 36.7 Å². The minimum Gasteiger partial charge on any atom is -0.384 e. The molecule has 0 aliphatic carbocycles. The van der Waals surface area contributed by atoms with Crippen LogP contribution in [0.5, 0.6) is 0 Å². The summed E-state index contributed by atoms with van der Waals surface area (Å²) >= 11 is 0. The van der Waals surface area contributed by atoms with Crippen molar-refractivity contribution in [2.24, 2.45) is 0 Å². The highest BCUT2D eigenvalue weighted by Gasteiger charge is 2.10. The maximum atomic E-state index is 6.07. The lowest BCUT2D eigenvalue weighted by Gasteiger charge is -2.05. The average Bonchev–Trinajstić information content (AvgIpc) is 2.47. The molecule has 0 fully saturated rings. The zero-order chi connectivity index (χ0) is 11.3. The molecule has 1 rings (SSSR count). The summed E-state index contributed by atoms with van der Waals surface area (Å²) in [4.78, 5) is 4.54. The van der Waals surface area contributed by atoms with E-state index in [1.807, 2.05) is 6.92 Å². The number of rotatable bonds is 6. The maximum Gasteiger partial charge on any atom is 0.126 e. The third kappa shape index (κ3) is 2.98. The lowest BCUT2D eigenvalue weighted by Crippen LogP contribution is -2.04. The number of aromatic nitrogens is 2. The summed E-state index contributed by atoms with van der Waals surface area (Å²) < 4.78 is 2.13. The number of aryl methyl sites for hydroxylation is 2. The van der Waals surface area contributed by atoms with Gasteiger partial charge in [0.15, 0.2) is 0 Å². The van der Waals surface area contributed by atoms with Crippen molar-refractivity contribution < 1.29 is 0 Å². The summed E-state index contributed by atoms with van der Waals surface area (Å²) in [6.07, 6.45) is 5.84. The first-order chi connectivity index (χ1) is 7.20. The van der Waals surface area contributed by atoms with Gasteiger partial charge in [-0.25, -0.2) is 4.98 Å². The highest BCUT2D eigenvalue weighted by atomic mass is 15.1. The smallest absolute Gasteiger partial charge is 0.126 e. The molecule has 0 spiro atoms. The summed E-state index contributed by atoms with van der Waals surface area (Å²) in [6, 6.07) is 0. The van der Waals surface area contributed by atoms with Gasteiger partial charge in [-0.2, -0.15) is 0 Å². The van der Waals surface area contributed by atoms with Crippen LogP contribution in [0, 0.1) is 6.92 Å². The number of nitrogen functional groups attached to an aromatic ring is 1. The molecule has 0 aliphatic rings. The Bertz CT molecular complexity index is 302. The molecule has 3 nitrogen and oxygen atoms in total. The third-order valence-corrected chi connectivity index (χ3v) is 2.74. The van der Waals surface area contributed by atoms with E-state index in [9.17, 15) is 0 Å². The van der Waals surface area contributed by atoms with Gasteiger partial charge < -0.3 is 10.3 Å². The molecule has 0 unspecified atom stereocenters. The number of anilines is 1. The molecule has 2 N–H and O–H groups in total. The summed E-state index contributed by atoms with van der Waals surface area (Å²) in [6.45, 7) is 7.40. The van der Waals surface area contributed by atoms with Crippen LogP contribution < -0.4 is 5.73 Å². The minimum atomic E-state index is 0.880. The number of nitrogens with zero attached hydrogens (tertiary/aromatic N) is 2. The summed E-state index contributed by atoms with van der Waals surface area (Å²) in [5, 5.41) is 0. The van der Waals surface area contributed by atoms with Gasteiger partial charge >= 0.3 is 0 Å². The van der Waals surface area contributed by atoms with E-state index < -0.39 is 0 Å². The van der Waals surface area contributed by atoms with Crippen LogP contribution in [0.3, 0.4) is 0 Å². The molecule has 1 aromatic heterocycles. The van der Waals surface area contributed by atoms with Gasteiger partial charge in [-0.15, -0.1) is 0 Å². The Morgan fingerprint density at radius 2 is 1.93 bits per heavy atom. The molecule has 1 aromatic rings. The van der Waals surface area contributed by atoms with E-state index in [1.165, 1.54) is 19.3 Å². The van der Waals surface area contributed by atoms with Gasteiger partial charge in [-0.05, 0) is 26.2 Å². The van der Waals surface area contributed by atoms with Crippen molar-refractivity contribution in [3.63, 3.8) is 0 Å². The highest BCUT2D eigenvalue weighted by molar-refractivity contribution is 5.38. The molecular weight excluding hydrogens is 186 g/mol. The highest BCUT2D eigenvalue weighted by Crippen LogP contribution is 2.17. The van der Waals surface area contributed by atoms with Crippen molar-refractivity contribution >= 4 is 5.82 Å². The minimum absolute atomic E-state index is 0.880. The number of imidazole rings is 1. The largest absolute Gasteiger partial charge is 0.384 e. The Hall–Kier alpha value is -0.990. The van der Waals surface area contributed by atoms with Crippen LogP contribution >= 0.6 is 0 Å². The first kappa shape index (κ1) is 12.1. The first-order valence-corrected chi connectivity index (χ1v) is 6.02. The quantitative estimate of drug-likeness (QED) is 0.732. The standard InChI is InChI=1S/C12H23N3/c1-4-6-7-8-11-12(13)15(9-5-2)10(3)14-11/h4-9,13H2,1-3H3. The van der Waals surface area contributed by atoms with Crippen molar-refractivity contribution in [3.8, 4) is 0 Å². The predicted octanol–water partition coefficient (Wildman–Crippen LogP) is 2.92. The molecule has 0 atom stereocenters. The zero-order valence-corrected chi connectivity index (χ0v) is 10.2. The lowest BCUT2D eigenvalue weighted by molar-refractivity contribution is 0.665. The first-order valence-electron chi connectivity index (χ1n) is 6.02. The van der Waals surface area contributed by atoms with E-state index in [2.05, 4.69) is 23.4 Å². The van der Waals surface area contributed by atoms with Crippen molar-refractivity contribution in [2.45, 2.75) is 59.4 Å². The Kier molecular flexibility index (Phi) is 4.66. The number of hydrogen-bond donors (Lipinski definition) is 1. The molecule has 0 saturated heterocycles. The maximum absolute atomic E-state index is 6.07. The number of nitrogens with two attached hydrogens (primary N) is 1. The van der Waals surface area contributed by atoms with Gasteiger partial charge in [-0.1, -0.05) is 26.7 Å². The lowest BCUT2D eigenvalue weighted by atomic mass is 10.1. The Morgan fingerprint density at radius 1 is 1.20 bits per heavy atom. The van der Waals surface area contributed by atoms with Gasteiger partial charge in [0.1, 0.15) is 11.6 Å². The second kappa shape index (κ2) is 5.79. The topological polar surface area (TPSA) is 43.8 Å². The van der Waals surface area contributed by atoms with Crippen LogP contribution in [0.2, 0.25) is 0 Å². The van der Waals surface area contributed by atoms with Crippen LogP contribution in [0.25, 0.3) is 0 Å². The summed E-state index contributed by atoms with van der Waals surface area (Å²) in [5.74, 6) is 1.94. The molecule has 0 amide bonds. The second-order valence-electron chi connectivity index (χ2n) is 4.10. The Labute approximate surface area is 92.7 Å². The monoisotopic (exact) mass is 209 g/mol. The molecule has 0 saturated carbocycles. The zero-order valence-electron chi connectivity index (χ0n) is 10.2. The molecule has 3 heteroatoms. The van der Waals surface area contributed by atoms with Crippen LogP contribution in [0.15, 0.2) is 0 Å². The van der Waals surface area contributed by atoms with Crippen LogP contribution in [0.1, 0.15) is 51.0 Å². The van der Waals surface area contributed by atoms with Crippen molar-refractivity contribution in [3.05, 3.63) is 11.5 Å². The van der Waals surface area contributed by atoms with Crippen LogP contribution in [0.4, 0.5) is 5.82 Å². The second-order valence-corrected chi connectivity index (χ2v) is 4.10. The summed E-state index contributed by atoms with van der Waals surface area (Å²) in [5.41, 5.74) is 7.16. The van der Waals surface area contributed by atoms with Crippen molar-refractivity contribution in [2.75, 3.05) is 5.73 Å². The fourth-order valence-electron chi connectivity index (χ4n) is 1.88. The fourth-order valence-corrected chi connectivity index (χ4v) is 1.88. The summed E-state index contributed by atoms with van der Waals surface area (Å²) in [7, 11) is 0.